The van der Waals surface area contributed by atoms with Gasteiger partial charge in [0.05, 0.1) is 12.2 Å². The van der Waals surface area contributed by atoms with Crippen LogP contribution < -0.4 is 5.56 Å². The fourth-order valence-corrected chi connectivity index (χ4v) is 3.40. The highest BCUT2D eigenvalue weighted by molar-refractivity contribution is 5.66. The van der Waals surface area contributed by atoms with E-state index in [2.05, 4.69) is 69.2 Å². The van der Waals surface area contributed by atoms with Crippen molar-refractivity contribution in [3.8, 4) is 11.3 Å². The molecule has 0 unspecified atom stereocenters. The zero-order chi connectivity index (χ0) is 19.1. The van der Waals surface area contributed by atoms with E-state index in [1.165, 1.54) is 22.3 Å². The fourth-order valence-electron chi connectivity index (χ4n) is 3.40. The largest absolute Gasteiger partial charge is 0.308 e. The molecule has 0 aliphatic rings. The van der Waals surface area contributed by atoms with Crippen molar-refractivity contribution in [1.29, 1.82) is 0 Å². The third kappa shape index (κ3) is 3.19. The quantitative estimate of drug-likeness (QED) is 0.543. The van der Waals surface area contributed by atoms with Gasteiger partial charge in [0.2, 0.25) is 0 Å². The van der Waals surface area contributed by atoms with Crippen LogP contribution >= 0.6 is 0 Å². The molecule has 4 heteroatoms. The lowest BCUT2D eigenvalue weighted by Gasteiger charge is -2.09. The van der Waals surface area contributed by atoms with E-state index in [0.717, 1.165) is 16.8 Å². The van der Waals surface area contributed by atoms with Crippen LogP contribution in [0.15, 0.2) is 59.7 Å². The third-order valence-electron chi connectivity index (χ3n) is 5.24. The fraction of sp³-hybridized carbons (Fsp3) is 0.217. The summed E-state index contributed by atoms with van der Waals surface area (Å²) in [5.41, 5.74) is 8.47. The van der Waals surface area contributed by atoms with Crippen molar-refractivity contribution in [3.05, 3.63) is 93.0 Å². The lowest BCUT2D eigenvalue weighted by molar-refractivity contribution is 0.739. The average molecular weight is 357 g/mol. The number of benzene rings is 2. The predicted molar refractivity (Wildman–Crippen MR) is 109 cm³/mol. The number of hydrogen-bond acceptors (Lipinski definition) is 2. The molecule has 4 aromatic rings. The Bertz CT molecular complexity index is 1210. The van der Waals surface area contributed by atoms with Gasteiger partial charge < -0.3 is 4.57 Å². The van der Waals surface area contributed by atoms with Crippen LogP contribution in [0, 0.1) is 27.7 Å². The molecule has 0 saturated heterocycles. The van der Waals surface area contributed by atoms with Crippen LogP contribution in [0.1, 0.15) is 27.8 Å². The van der Waals surface area contributed by atoms with Crippen molar-refractivity contribution >= 4 is 5.52 Å². The second-order valence-corrected chi connectivity index (χ2v) is 7.32. The van der Waals surface area contributed by atoms with Crippen LogP contribution in [0.2, 0.25) is 0 Å². The van der Waals surface area contributed by atoms with E-state index in [-0.39, 0.29) is 5.56 Å². The van der Waals surface area contributed by atoms with Gasteiger partial charge in [-0.05, 0) is 62.1 Å². The van der Waals surface area contributed by atoms with Gasteiger partial charge in [-0.25, -0.2) is 4.52 Å². The Hall–Kier alpha value is -3.14. The molecule has 4 nitrogen and oxygen atoms in total. The molecule has 0 saturated carbocycles. The van der Waals surface area contributed by atoms with Gasteiger partial charge >= 0.3 is 0 Å². The molecular formula is C23H23N3O. The van der Waals surface area contributed by atoms with E-state index in [4.69, 9.17) is 0 Å². The highest BCUT2D eigenvalue weighted by Gasteiger charge is 2.11. The molecule has 0 aliphatic carbocycles. The first-order valence-electron chi connectivity index (χ1n) is 9.15. The lowest BCUT2D eigenvalue weighted by atomic mass is 10.0. The van der Waals surface area contributed by atoms with Crippen LogP contribution in [-0.2, 0) is 6.54 Å². The SMILES string of the molecule is Cc1ccc(Cn2ccn3nc(-c4ccc(C)c(C)c4)cc3c2=O)c(C)c1. The Morgan fingerprint density at radius 2 is 1.67 bits per heavy atom. The minimum Gasteiger partial charge on any atom is -0.308 e. The number of hydrogen-bond donors (Lipinski definition) is 0. The van der Waals surface area contributed by atoms with E-state index in [9.17, 15) is 4.79 Å². The lowest BCUT2D eigenvalue weighted by Crippen LogP contribution is -2.22. The van der Waals surface area contributed by atoms with Gasteiger partial charge in [-0.3, -0.25) is 4.79 Å². The number of rotatable bonds is 3. The van der Waals surface area contributed by atoms with Gasteiger partial charge in [0, 0.05) is 18.0 Å². The number of aromatic nitrogens is 3. The van der Waals surface area contributed by atoms with Gasteiger partial charge in [-0.1, -0.05) is 35.9 Å². The van der Waals surface area contributed by atoms with Crippen LogP contribution in [0.5, 0.6) is 0 Å². The number of fused-ring (bicyclic) bond motifs is 1. The number of nitrogens with zero attached hydrogens (tertiary/aromatic N) is 3. The Morgan fingerprint density at radius 3 is 2.41 bits per heavy atom. The van der Waals surface area contributed by atoms with Crippen molar-refractivity contribution in [3.63, 3.8) is 0 Å². The highest BCUT2D eigenvalue weighted by atomic mass is 16.1. The maximum absolute atomic E-state index is 13.0. The second-order valence-electron chi connectivity index (χ2n) is 7.32. The zero-order valence-electron chi connectivity index (χ0n) is 16.2. The molecule has 4 rings (SSSR count). The summed E-state index contributed by atoms with van der Waals surface area (Å²) in [4.78, 5) is 13.0. The van der Waals surface area contributed by atoms with E-state index < -0.39 is 0 Å². The molecule has 0 aliphatic heterocycles. The summed E-state index contributed by atoms with van der Waals surface area (Å²) < 4.78 is 3.42. The maximum atomic E-state index is 13.0. The minimum absolute atomic E-state index is 0.0277. The molecule has 0 spiro atoms. The molecule has 27 heavy (non-hydrogen) atoms. The first-order chi connectivity index (χ1) is 12.9. The summed E-state index contributed by atoms with van der Waals surface area (Å²) in [7, 11) is 0. The first-order valence-corrected chi connectivity index (χ1v) is 9.15. The monoisotopic (exact) mass is 357 g/mol. The van der Waals surface area contributed by atoms with E-state index in [1.807, 2.05) is 18.5 Å². The van der Waals surface area contributed by atoms with Gasteiger partial charge in [0.25, 0.3) is 5.56 Å². The van der Waals surface area contributed by atoms with Gasteiger partial charge in [0.15, 0.2) is 0 Å². The van der Waals surface area contributed by atoms with Crippen LogP contribution in [-0.4, -0.2) is 14.2 Å². The van der Waals surface area contributed by atoms with Crippen LogP contribution in [0.25, 0.3) is 16.8 Å². The summed E-state index contributed by atoms with van der Waals surface area (Å²) in [6, 6.07) is 14.5. The Kier molecular flexibility index (Phi) is 4.19. The second kappa shape index (κ2) is 6.54. The predicted octanol–water partition coefficient (Wildman–Crippen LogP) is 4.44. The van der Waals surface area contributed by atoms with Crippen molar-refractivity contribution in [1.82, 2.24) is 14.2 Å². The van der Waals surface area contributed by atoms with Crippen molar-refractivity contribution in [2.24, 2.45) is 0 Å². The molecule has 0 fully saturated rings. The average Bonchev–Trinajstić information content (AvgIpc) is 3.07. The summed E-state index contributed by atoms with van der Waals surface area (Å²) in [5, 5.41) is 4.60. The molecule has 2 heterocycles. The zero-order valence-corrected chi connectivity index (χ0v) is 16.2. The van der Waals surface area contributed by atoms with E-state index in [1.54, 1.807) is 9.08 Å². The summed E-state index contributed by atoms with van der Waals surface area (Å²) in [6.45, 7) is 8.91. The van der Waals surface area contributed by atoms with Crippen LogP contribution in [0.3, 0.4) is 0 Å². The normalized spacial score (nSPS) is 11.3. The Morgan fingerprint density at radius 1 is 0.852 bits per heavy atom. The van der Waals surface area contributed by atoms with Gasteiger partial charge in [-0.15, -0.1) is 0 Å². The van der Waals surface area contributed by atoms with Crippen molar-refractivity contribution in [2.75, 3.05) is 0 Å². The first kappa shape index (κ1) is 17.3. The molecule has 0 radical (unpaired) electrons. The molecule has 2 aromatic heterocycles. The Balaban J connectivity index is 1.76. The van der Waals surface area contributed by atoms with Crippen molar-refractivity contribution in [2.45, 2.75) is 34.2 Å². The van der Waals surface area contributed by atoms with Gasteiger partial charge in [0.1, 0.15) is 5.52 Å². The topological polar surface area (TPSA) is 39.3 Å². The van der Waals surface area contributed by atoms with Crippen LogP contribution in [0.4, 0.5) is 0 Å². The third-order valence-corrected chi connectivity index (χ3v) is 5.24. The summed E-state index contributed by atoms with van der Waals surface area (Å²) in [6.07, 6.45) is 3.66. The molecule has 0 bridgehead atoms. The van der Waals surface area contributed by atoms with Crippen molar-refractivity contribution < 1.29 is 0 Å². The highest BCUT2D eigenvalue weighted by Crippen LogP contribution is 2.21. The Labute approximate surface area is 158 Å². The molecule has 2 aromatic carbocycles. The van der Waals surface area contributed by atoms with Gasteiger partial charge in [-0.2, -0.15) is 5.10 Å². The summed E-state index contributed by atoms with van der Waals surface area (Å²) in [5.74, 6) is 0. The molecule has 136 valence electrons. The van der Waals surface area contributed by atoms with E-state index in [0.29, 0.717) is 12.1 Å². The smallest absolute Gasteiger partial charge is 0.276 e. The van der Waals surface area contributed by atoms with E-state index >= 15 is 0 Å². The molecular weight excluding hydrogens is 334 g/mol. The molecule has 0 atom stereocenters. The number of aryl methyl sites for hydroxylation is 4. The molecule has 0 N–H and O–H groups in total. The minimum atomic E-state index is -0.0277. The molecule has 0 amide bonds. The standard InChI is InChI=1S/C23H23N3O/c1-15-5-7-20(18(4)11-15)14-25-9-10-26-22(23(25)27)13-21(24-26)19-8-6-16(2)17(3)12-19/h5-13H,14H2,1-4H3. The summed E-state index contributed by atoms with van der Waals surface area (Å²) >= 11 is 0. The maximum Gasteiger partial charge on any atom is 0.276 e.